The number of carboxylic acids is 1. The van der Waals surface area contributed by atoms with Crippen LogP contribution in [0.15, 0.2) is 24.3 Å². The minimum Gasteiger partial charge on any atom is -0.477 e. The van der Waals surface area contributed by atoms with Crippen molar-refractivity contribution in [3.63, 3.8) is 0 Å². The van der Waals surface area contributed by atoms with Crippen molar-refractivity contribution in [2.24, 2.45) is 0 Å². The van der Waals surface area contributed by atoms with Gasteiger partial charge < -0.3 is 100 Å². The summed E-state index contributed by atoms with van der Waals surface area (Å²) < 4.78 is 35.0. The number of aliphatic hydroxyl groups is 11. The molecule has 3 heterocycles. The third kappa shape index (κ3) is 44.0. The zero-order chi connectivity index (χ0) is 80.3. The van der Waals surface area contributed by atoms with Gasteiger partial charge in [0.25, 0.3) is 5.79 Å². The van der Waals surface area contributed by atoms with Gasteiger partial charge in [0.05, 0.1) is 50.7 Å². The third-order valence-corrected chi connectivity index (χ3v) is 22.7. The number of hydrogen-bond donors (Lipinski definition) is 14. The molecule has 0 saturated carbocycles. The van der Waals surface area contributed by atoms with Crippen LogP contribution in [0.25, 0.3) is 0 Å². The molecule has 18 atom stereocenters. The summed E-state index contributed by atoms with van der Waals surface area (Å²) in [4.78, 5) is 38.8. The van der Waals surface area contributed by atoms with E-state index in [2.05, 4.69) is 48.8 Å². The molecule has 0 aromatic heterocycles. The number of unbranched alkanes of at least 4 members (excludes halogenated alkanes) is 48. The molecule has 0 aromatic rings. The highest BCUT2D eigenvalue weighted by Crippen LogP contribution is 2.39. The van der Waals surface area contributed by atoms with Crippen LogP contribution in [-0.2, 0) is 42.8 Å². The Hall–Kier alpha value is -2.79. The monoisotopic (exact) mass is 1570 g/mol. The maximum atomic E-state index is 13.6. The van der Waals surface area contributed by atoms with Crippen molar-refractivity contribution in [1.82, 2.24) is 10.6 Å². The smallest absolute Gasteiger partial charge is 0.364 e. The number of carboxylic acid groups (broad SMARTS) is 1. The van der Waals surface area contributed by atoms with Gasteiger partial charge in [-0.1, -0.05) is 334 Å². The fraction of sp³-hybridized carbons (Fsp3) is 0.920. The number of carbonyl (C=O) groups excluding carboxylic acids is 2. The van der Waals surface area contributed by atoms with Gasteiger partial charge in [-0.25, -0.2) is 4.79 Å². The SMILES string of the molecule is CCCCCCCCCCCCC/C=C\C/C=C\CCCCCCCCCCCCCCCCCCCC(=O)NC(COC1OC(CO)C(OC2OC(CO)C(O)C(OC3(C(=O)O)CC(O)C(NC(C)=O)C(C(O)C(O)CO)O3)C2O)C(O)C1O)C(O)CCCCCCCCCCCCCCCCCCCCCCC. The molecule has 3 fully saturated rings. The Morgan fingerprint density at radius 3 is 1.27 bits per heavy atom. The quantitative estimate of drug-likeness (QED) is 0.0199. The van der Waals surface area contributed by atoms with E-state index in [0.29, 0.717) is 19.3 Å². The summed E-state index contributed by atoms with van der Waals surface area (Å²) in [7, 11) is 0. The van der Waals surface area contributed by atoms with Gasteiger partial charge in [-0.3, -0.25) is 9.59 Å². The van der Waals surface area contributed by atoms with Gasteiger partial charge in [0.15, 0.2) is 12.6 Å². The van der Waals surface area contributed by atoms with E-state index in [0.717, 1.165) is 64.7 Å². The maximum Gasteiger partial charge on any atom is 0.364 e. The van der Waals surface area contributed by atoms with Crippen LogP contribution < -0.4 is 10.6 Å². The maximum absolute atomic E-state index is 13.6. The molecule has 23 heteroatoms. The van der Waals surface area contributed by atoms with Gasteiger partial charge in [-0.2, -0.15) is 0 Å². The fourth-order valence-electron chi connectivity index (χ4n) is 15.6. The Bertz CT molecular complexity index is 2270. The summed E-state index contributed by atoms with van der Waals surface area (Å²) >= 11 is 0. The van der Waals surface area contributed by atoms with Crippen molar-refractivity contribution in [1.29, 1.82) is 0 Å². The number of nitrogens with one attached hydrogen (secondary N) is 2. The van der Waals surface area contributed by atoms with Crippen molar-refractivity contribution >= 4 is 17.8 Å². The lowest BCUT2D eigenvalue weighted by Crippen LogP contribution is -2.70. The van der Waals surface area contributed by atoms with Crippen LogP contribution in [0.2, 0.25) is 0 Å². The topological polar surface area (TPSA) is 373 Å². The second-order valence-corrected chi connectivity index (χ2v) is 32.5. The second-order valence-electron chi connectivity index (χ2n) is 32.5. The molecule has 14 N–H and O–H groups in total. The van der Waals surface area contributed by atoms with E-state index in [1.165, 1.54) is 263 Å². The molecule has 3 rings (SSSR count). The molecule has 0 bridgehead atoms. The van der Waals surface area contributed by atoms with E-state index in [4.69, 9.17) is 28.4 Å². The molecular weight excluding hydrogens is 1410 g/mol. The van der Waals surface area contributed by atoms with Gasteiger partial charge in [0, 0.05) is 19.8 Å². The Balaban J connectivity index is 1.44. The molecule has 0 aliphatic carbocycles. The Morgan fingerprint density at radius 2 is 0.873 bits per heavy atom. The van der Waals surface area contributed by atoms with Gasteiger partial charge in [-0.15, -0.1) is 0 Å². The lowest BCUT2D eigenvalue weighted by Gasteiger charge is -2.50. The summed E-state index contributed by atoms with van der Waals surface area (Å²) in [5.74, 6) is -6.09. The summed E-state index contributed by atoms with van der Waals surface area (Å²) in [6.07, 6.45) is 46.1. The standard InChI is InChI=1S/C87H162N2O21/c1-4-6-8-10-12-14-16-18-20-22-24-26-27-28-29-30-31-32-33-34-35-36-37-38-39-41-43-45-47-49-51-53-55-57-59-61-74(97)89-68(69(94)60-58-56-54-52-50-48-46-44-42-40-25-23-21-19-17-15-13-11-9-7-5-2)66-105-84-79(101)78(100)81(73(65-92)107-84)108-85-80(102)83(77(99)72(64-91)106-85)110-87(86(103)104)62-70(95)75(88-67(3)93)82(109-87)76(98)71(96)63-90/h27-28,30-31,68-73,75-85,90-92,94-96,98-102H,4-26,29,32-66H2,1-3H3,(H,88,93)(H,89,97)(H,103,104)/b28-27-,31-30-. The lowest BCUT2D eigenvalue weighted by molar-refractivity contribution is -0.386. The number of aliphatic hydroxyl groups excluding tert-OH is 11. The van der Waals surface area contributed by atoms with Crippen LogP contribution in [0.5, 0.6) is 0 Å². The summed E-state index contributed by atoms with van der Waals surface area (Å²) in [5, 5.41) is 137. The Labute approximate surface area is 664 Å². The molecule has 0 spiro atoms. The van der Waals surface area contributed by atoms with E-state index in [-0.39, 0.29) is 18.9 Å². The molecule has 3 aliphatic heterocycles. The van der Waals surface area contributed by atoms with Crippen molar-refractivity contribution in [3.05, 3.63) is 24.3 Å². The lowest BCUT2D eigenvalue weighted by atomic mass is 9.88. The van der Waals surface area contributed by atoms with Gasteiger partial charge in [0.2, 0.25) is 11.8 Å². The number of amides is 2. The Morgan fingerprint density at radius 1 is 0.473 bits per heavy atom. The second kappa shape index (κ2) is 65.3. The van der Waals surface area contributed by atoms with Crippen LogP contribution in [0.1, 0.15) is 374 Å². The highest BCUT2D eigenvalue weighted by atomic mass is 16.8. The zero-order valence-electron chi connectivity index (χ0n) is 68.9. The van der Waals surface area contributed by atoms with Crippen LogP contribution >= 0.6 is 0 Å². The van der Waals surface area contributed by atoms with Crippen LogP contribution in [0.4, 0.5) is 0 Å². The minimum absolute atomic E-state index is 0.226. The number of aliphatic carboxylic acids is 1. The number of allylic oxidation sites excluding steroid dienone is 4. The van der Waals surface area contributed by atoms with E-state index >= 15 is 0 Å². The predicted octanol–water partition coefficient (Wildman–Crippen LogP) is 13.9. The average Bonchev–Trinajstić information content (AvgIpc) is 0.752. The molecule has 2 amide bonds. The number of ether oxygens (including phenoxy) is 6. The first-order valence-corrected chi connectivity index (χ1v) is 44.7. The number of carbonyl (C=O) groups is 3. The number of rotatable bonds is 72. The average molecular weight is 1570 g/mol. The summed E-state index contributed by atoms with van der Waals surface area (Å²) in [6, 6.07) is -2.53. The molecule has 0 radical (unpaired) electrons. The molecule has 110 heavy (non-hydrogen) atoms. The summed E-state index contributed by atoms with van der Waals surface area (Å²) in [6.45, 7) is 2.27. The minimum atomic E-state index is -3.08. The van der Waals surface area contributed by atoms with Crippen LogP contribution in [0.3, 0.4) is 0 Å². The van der Waals surface area contributed by atoms with Crippen molar-refractivity contribution < 1.29 is 104 Å². The van der Waals surface area contributed by atoms with E-state index in [1.54, 1.807) is 0 Å². The van der Waals surface area contributed by atoms with E-state index < -0.39 is 148 Å². The third-order valence-electron chi connectivity index (χ3n) is 22.7. The Kier molecular flexibility index (Phi) is 60.2. The molecule has 18 unspecified atom stereocenters. The molecule has 646 valence electrons. The predicted molar refractivity (Wildman–Crippen MR) is 431 cm³/mol. The first kappa shape index (κ1) is 101. The van der Waals surface area contributed by atoms with Crippen LogP contribution in [-0.4, -0.2) is 215 Å². The van der Waals surface area contributed by atoms with Gasteiger partial charge in [-0.05, 0) is 44.9 Å². The fourth-order valence-corrected chi connectivity index (χ4v) is 15.6. The first-order chi connectivity index (χ1) is 53.4. The van der Waals surface area contributed by atoms with E-state index in [9.17, 15) is 75.7 Å². The van der Waals surface area contributed by atoms with E-state index in [1.807, 2.05) is 0 Å². The highest BCUT2D eigenvalue weighted by Gasteiger charge is 2.60. The molecular formula is C87H162N2O21. The molecule has 0 aromatic carbocycles. The normalized spacial score (nSPS) is 25.7. The number of hydrogen-bond acceptors (Lipinski definition) is 20. The van der Waals surface area contributed by atoms with Gasteiger partial charge in [0.1, 0.15) is 67.1 Å². The highest BCUT2D eigenvalue weighted by molar-refractivity contribution is 5.77. The van der Waals surface area contributed by atoms with Gasteiger partial charge >= 0.3 is 5.97 Å². The largest absolute Gasteiger partial charge is 0.477 e. The van der Waals surface area contributed by atoms with Crippen molar-refractivity contribution in [2.45, 2.75) is 484 Å². The van der Waals surface area contributed by atoms with Crippen LogP contribution in [0, 0.1) is 0 Å². The zero-order valence-corrected chi connectivity index (χ0v) is 68.9. The molecule has 3 saturated heterocycles. The van der Waals surface area contributed by atoms with Crippen molar-refractivity contribution in [3.8, 4) is 0 Å². The van der Waals surface area contributed by atoms with Crippen molar-refractivity contribution in [2.75, 3.05) is 26.4 Å². The summed E-state index contributed by atoms with van der Waals surface area (Å²) in [5.41, 5.74) is 0. The molecule has 3 aliphatic rings. The molecule has 23 nitrogen and oxygen atoms in total. The first-order valence-electron chi connectivity index (χ1n) is 44.7.